The molecule has 2 aromatic rings. The van der Waals surface area contributed by atoms with Crippen LogP contribution in [0.3, 0.4) is 0 Å². The molecule has 2 fully saturated rings. The summed E-state index contributed by atoms with van der Waals surface area (Å²) in [6.07, 6.45) is 4.35. The minimum absolute atomic E-state index is 0.130. The van der Waals surface area contributed by atoms with Crippen LogP contribution in [-0.2, 0) is 13.6 Å². The molecule has 1 amide bonds. The maximum atomic E-state index is 12.5. The molecule has 7 heteroatoms. The van der Waals surface area contributed by atoms with Crippen LogP contribution in [0.4, 0.5) is 0 Å². The first-order valence-electron chi connectivity index (χ1n) is 8.98. The van der Waals surface area contributed by atoms with E-state index in [-0.39, 0.29) is 11.9 Å². The average molecular weight is 343 g/mol. The van der Waals surface area contributed by atoms with E-state index in [1.165, 1.54) is 5.56 Å². The van der Waals surface area contributed by atoms with E-state index in [1.807, 2.05) is 18.7 Å². The van der Waals surface area contributed by atoms with Crippen LogP contribution in [0.25, 0.3) is 0 Å². The van der Waals surface area contributed by atoms with E-state index >= 15 is 0 Å². The van der Waals surface area contributed by atoms with Crippen LogP contribution in [0.5, 0.6) is 0 Å². The van der Waals surface area contributed by atoms with E-state index in [1.54, 1.807) is 6.07 Å². The van der Waals surface area contributed by atoms with Gasteiger partial charge in [0.05, 0.1) is 5.69 Å². The lowest BCUT2D eigenvalue weighted by molar-refractivity contribution is 0.0922. The van der Waals surface area contributed by atoms with E-state index < -0.39 is 0 Å². The molecule has 2 aromatic heterocycles. The molecule has 0 bridgehead atoms. The zero-order valence-corrected chi connectivity index (χ0v) is 15.0. The number of amides is 1. The molecule has 0 aromatic carbocycles. The third-order valence-corrected chi connectivity index (χ3v) is 5.25. The molecule has 25 heavy (non-hydrogen) atoms. The number of nitrogens with one attached hydrogen (secondary N) is 1. The number of carbonyl (C=O) groups excluding carboxylic acids is 1. The van der Waals surface area contributed by atoms with Gasteiger partial charge in [0.25, 0.3) is 5.91 Å². The molecule has 0 unspecified atom stereocenters. The van der Waals surface area contributed by atoms with Crippen LogP contribution in [0.1, 0.15) is 53.2 Å². The normalized spacial score (nSPS) is 24.0. The van der Waals surface area contributed by atoms with Gasteiger partial charge in [-0.05, 0) is 25.7 Å². The van der Waals surface area contributed by atoms with Gasteiger partial charge in [0.1, 0.15) is 5.76 Å². The fraction of sp³-hybridized carbons (Fsp3) is 0.611. The number of hydrogen-bond acceptors (Lipinski definition) is 5. The molecule has 1 saturated heterocycles. The van der Waals surface area contributed by atoms with E-state index in [4.69, 9.17) is 4.52 Å². The molecule has 1 aliphatic carbocycles. The summed E-state index contributed by atoms with van der Waals surface area (Å²) in [6, 6.07) is 1.93. The molecule has 0 radical (unpaired) electrons. The van der Waals surface area contributed by atoms with Crippen molar-refractivity contribution in [1.29, 1.82) is 0 Å². The van der Waals surface area contributed by atoms with Gasteiger partial charge in [0, 0.05) is 56.5 Å². The Morgan fingerprint density at radius 2 is 2.20 bits per heavy atom. The van der Waals surface area contributed by atoms with Crippen molar-refractivity contribution in [2.24, 2.45) is 13.0 Å². The van der Waals surface area contributed by atoms with Crippen molar-refractivity contribution in [3.05, 3.63) is 35.0 Å². The fourth-order valence-corrected chi connectivity index (χ4v) is 3.63. The van der Waals surface area contributed by atoms with E-state index in [9.17, 15) is 4.79 Å². The topological polar surface area (TPSA) is 76.2 Å². The number of likely N-dealkylation sites (tertiary alicyclic amines) is 1. The number of hydrogen-bond donors (Lipinski definition) is 1. The predicted octanol–water partition coefficient (Wildman–Crippen LogP) is 1.84. The Bertz CT molecular complexity index is 776. The number of rotatable bonds is 5. The lowest BCUT2D eigenvalue weighted by Gasteiger charge is -2.16. The summed E-state index contributed by atoms with van der Waals surface area (Å²) in [6.45, 7) is 6.89. The minimum Gasteiger partial charge on any atom is -0.360 e. The highest BCUT2D eigenvalue weighted by molar-refractivity contribution is 5.92. The summed E-state index contributed by atoms with van der Waals surface area (Å²) in [5.74, 6) is 1.58. The third kappa shape index (κ3) is 3.46. The zero-order chi connectivity index (χ0) is 17.6. The molecule has 7 nitrogen and oxygen atoms in total. The first kappa shape index (κ1) is 16.3. The highest BCUT2D eigenvalue weighted by Crippen LogP contribution is 2.40. The predicted molar refractivity (Wildman–Crippen MR) is 92.1 cm³/mol. The Morgan fingerprint density at radius 3 is 2.88 bits per heavy atom. The highest BCUT2D eigenvalue weighted by Gasteiger charge is 2.33. The van der Waals surface area contributed by atoms with Crippen molar-refractivity contribution in [2.45, 2.75) is 45.2 Å². The SMILES string of the molecule is Cc1nn(C)cc1CN1C[C@@H](C)[C@H](NC(=O)c2cc(C3CC3)on2)C1. The van der Waals surface area contributed by atoms with Gasteiger partial charge in [-0.1, -0.05) is 12.1 Å². The molecule has 2 atom stereocenters. The first-order chi connectivity index (χ1) is 12.0. The Morgan fingerprint density at radius 1 is 1.40 bits per heavy atom. The van der Waals surface area contributed by atoms with Crippen molar-refractivity contribution in [3.63, 3.8) is 0 Å². The van der Waals surface area contributed by atoms with Gasteiger partial charge in [0.15, 0.2) is 5.69 Å². The molecular formula is C18H25N5O2. The second-order valence-corrected chi connectivity index (χ2v) is 7.55. The molecule has 0 spiro atoms. The lowest BCUT2D eigenvalue weighted by Crippen LogP contribution is -2.40. The molecule has 134 valence electrons. The highest BCUT2D eigenvalue weighted by atomic mass is 16.5. The van der Waals surface area contributed by atoms with Gasteiger partial charge in [-0.15, -0.1) is 0 Å². The molecule has 2 aliphatic rings. The second kappa shape index (κ2) is 6.29. The van der Waals surface area contributed by atoms with Crippen molar-refractivity contribution in [2.75, 3.05) is 13.1 Å². The Kier molecular flexibility index (Phi) is 4.11. The summed E-state index contributed by atoms with van der Waals surface area (Å²) in [4.78, 5) is 14.8. The summed E-state index contributed by atoms with van der Waals surface area (Å²) < 4.78 is 7.14. The van der Waals surface area contributed by atoms with Crippen molar-refractivity contribution >= 4 is 5.91 Å². The molecule has 1 N–H and O–H groups in total. The maximum Gasteiger partial charge on any atom is 0.273 e. The lowest BCUT2D eigenvalue weighted by atomic mass is 10.1. The number of nitrogens with zero attached hydrogens (tertiary/aromatic N) is 4. The van der Waals surface area contributed by atoms with E-state index in [0.717, 1.165) is 43.9 Å². The zero-order valence-electron chi connectivity index (χ0n) is 15.0. The van der Waals surface area contributed by atoms with Gasteiger partial charge >= 0.3 is 0 Å². The Labute approximate surface area is 147 Å². The van der Waals surface area contributed by atoms with Crippen LogP contribution in [0.2, 0.25) is 0 Å². The summed E-state index contributed by atoms with van der Waals surface area (Å²) in [7, 11) is 1.94. The number of aryl methyl sites for hydroxylation is 2. The first-order valence-corrected chi connectivity index (χ1v) is 8.98. The smallest absolute Gasteiger partial charge is 0.273 e. The minimum atomic E-state index is -0.132. The summed E-state index contributed by atoms with van der Waals surface area (Å²) in [5.41, 5.74) is 2.71. The molecule has 4 rings (SSSR count). The van der Waals surface area contributed by atoms with Crippen LogP contribution in [0, 0.1) is 12.8 Å². The average Bonchev–Trinajstić information content (AvgIpc) is 3.05. The molecule has 1 saturated carbocycles. The molecular weight excluding hydrogens is 318 g/mol. The summed E-state index contributed by atoms with van der Waals surface area (Å²) >= 11 is 0. The van der Waals surface area contributed by atoms with Crippen LogP contribution >= 0.6 is 0 Å². The third-order valence-electron chi connectivity index (χ3n) is 5.25. The van der Waals surface area contributed by atoms with E-state index in [0.29, 0.717) is 17.5 Å². The van der Waals surface area contributed by atoms with Crippen LogP contribution in [0.15, 0.2) is 16.8 Å². The largest absolute Gasteiger partial charge is 0.360 e. The molecule has 1 aliphatic heterocycles. The van der Waals surface area contributed by atoms with E-state index in [2.05, 4.69) is 33.6 Å². The fourth-order valence-electron chi connectivity index (χ4n) is 3.63. The Balaban J connectivity index is 1.35. The Hall–Kier alpha value is -2.15. The quantitative estimate of drug-likeness (QED) is 0.896. The standard InChI is InChI=1S/C18H25N5O2/c1-11-7-23(9-14-8-22(3)20-12(14)2)10-16(11)19-18(24)15-6-17(25-21-15)13-4-5-13/h6,8,11,13,16H,4-5,7,9-10H2,1-3H3,(H,19,24)/t11-,16-/m1/s1. The van der Waals surface area contributed by atoms with Gasteiger partial charge in [-0.2, -0.15) is 5.10 Å². The van der Waals surface area contributed by atoms with Crippen LogP contribution < -0.4 is 5.32 Å². The maximum absolute atomic E-state index is 12.5. The van der Waals surface area contributed by atoms with Crippen molar-refractivity contribution < 1.29 is 9.32 Å². The van der Waals surface area contributed by atoms with Crippen LogP contribution in [-0.4, -0.2) is 44.9 Å². The molecule has 3 heterocycles. The van der Waals surface area contributed by atoms with Gasteiger partial charge in [-0.25, -0.2) is 0 Å². The second-order valence-electron chi connectivity index (χ2n) is 7.55. The van der Waals surface area contributed by atoms with Gasteiger partial charge in [-0.3, -0.25) is 14.4 Å². The van der Waals surface area contributed by atoms with Gasteiger partial charge < -0.3 is 9.84 Å². The van der Waals surface area contributed by atoms with Crippen molar-refractivity contribution in [1.82, 2.24) is 25.2 Å². The number of carbonyl (C=O) groups is 1. The monoisotopic (exact) mass is 343 g/mol. The number of aromatic nitrogens is 3. The van der Waals surface area contributed by atoms with Gasteiger partial charge in [0.2, 0.25) is 0 Å². The van der Waals surface area contributed by atoms with Crippen molar-refractivity contribution in [3.8, 4) is 0 Å². The summed E-state index contributed by atoms with van der Waals surface area (Å²) in [5, 5.41) is 11.5.